The molecule has 0 aliphatic carbocycles. The largest absolute Gasteiger partial charge is 0.481 e. The predicted octanol–water partition coefficient (Wildman–Crippen LogP) is 2.67. The Morgan fingerprint density at radius 1 is 1.33 bits per heavy atom. The van der Waals surface area contributed by atoms with Crippen LogP contribution in [0.4, 0.5) is 0 Å². The quantitative estimate of drug-likeness (QED) is 0.414. The van der Waals surface area contributed by atoms with Crippen molar-refractivity contribution in [2.75, 3.05) is 13.2 Å². The van der Waals surface area contributed by atoms with Gasteiger partial charge in [0, 0.05) is 13.2 Å². The summed E-state index contributed by atoms with van der Waals surface area (Å²) in [5.74, 6) is -2.33. The Kier molecular flexibility index (Phi) is 8.66. The van der Waals surface area contributed by atoms with Crippen molar-refractivity contribution in [1.29, 1.82) is 0 Å². The molecule has 4 unspecified atom stereocenters. The van der Waals surface area contributed by atoms with E-state index in [-0.39, 0.29) is 12.5 Å². The zero-order valence-corrected chi connectivity index (χ0v) is 14.8. The molecule has 2 N–H and O–H groups in total. The van der Waals surface area contributed by atoms with Crippen molar-refractivity contribution < 1.29 is 34.0 Å². The molecule has 0 amide bonds. The topological polar surface area (TPSA) is 102 Å². The summed E-state index contributed by atoms with van der Waals surface area (Å²) in [7, 11) is 0. The van der Waals surface area contributed by atoms with E-state index < -0.39 is 36.2 Å². The Hall–Kier alpha value is -1.18. The molecule has 4 atom stereocenters. The van der Waals surface area contributed by atoms with Gasteiger partial charge in [0.25, 0.3) is 0 Å². The molecule has 1 fully saturated rings. The van der Waals surface area contributed by atoms with E-state index in [0.717, 1.165) is 25.7 Å². The summed E-state index contributed by atoms with van der Waals surface area (Å²) in [4.78, 5) is 23.3. The lowest BCUT2D eigenvalue weighted by Crippen LogP contribution is -2.47. The summed E-state index contributed by atoms with van der Waals surface area (Å²) in [5, 5.41) is 19.0. The van der Waals surface area contributed by atoms with Gasteiger partial charge in [-0.3, -0.25) is 9.59 Å². The molecule has 7 heteroatoms. The van der Waals surface area contributed by atoms with Crippen molar-refractivity contribution in [2.24, 2.45) is 5.41 Å². The van der Waals surface area contributed by atoms with Crippen LogP contribution in [0.2, 0.25) is 0 Å². The lowest BCUT2D eigenvalue weighted by atomic mass is 9.74. The number of aliphatic carboxylic acids is 2. The highest BCUT2D eigenvalue weighted by molar-refractivity contribution is 5.82. The molecule has 0 aromatic carbocycles. The molecule has 140 valence electrons. The average Bonchev–Trinajstić information content (AvgIpc) is 2.98. The average molecular weight is 346 g/mol. The summed E-state index contributed by atoms with van der Waals surface area (Å²) < 4.78 is 16.8. The van der Waals surface area contributed by atoms with E-state index in [1.54, 1.807) is 13.8 Å². The van der Waals surface area contributed by atoms with Gasteiger partial charge >= 0.3 is 11.9 Å². The minimum atomic E-state index is -1.54. The number of hydrogen-bond donors (Lipinski definition) is 2. The maximum Gasteiger partial charge on any atom is 0.312 e. The van der Waals surface area contributed by atoms with Crippen LogP contribution in [0.1, 0.15) is 59.3 Å². The Bertz CT molecular complexity index is 406. The summed E-state index contributed by atoms with van der Waals surface area (Å²) in [6.45, 7) is 6.45. The minimum absolute atomic E-state index is 0.123. The van der Waals surface area contributed by atoms with E-state index in [9.17, 15) is 19.8 Å². The van der Waals surface area contributed by atoms with Gasteiger partial charge in [-0.1, -0.05) is 13.3 Å². The molecule has 1 saturated heterocycles. The van der Waals surface area contributed by atoms with Crippen LogP contribution in [0, 0.1) is 5.41 Å². The lowest BCUT2D eigenvalue weighted by molar-refractivity contribution is -0.203. The molecule has 7 nitrogen and oxygen atoms in total. The summed E-state index contributed by atoms with van der Waals surface area (Å²) in [6.07, 6.45) is 1.43. The second-order valence-corrected chi connectivity index (χ2v) is 6.44. The summed E-state index contributed by atoms with van der Waals surface area (Å²) in [6, 6.07) is 0. The Labute approximate surface area is 143 Å². The van der Waals surface area contributed by atoms with E-state index in [2.05, 4.69) is 0 Å². The van der Waals surface area contributed by atoms with Crippen molar-refractivity contribution in [1.82, 2.24) is 0 Å². The molecule has 1 aliphatic rings. The number of hydrogen-bond acceptors (Lipinski definition) is 5. The van der Waals surface area contributed by atoms with E-state index in [0.29, 0.717) is 13.2 Å². The minimum Gasteiger partial charge on any atom is -0.481 e. The number of carboxylic acids is 2. The Balaban J connectivity index is 2.83. The van der Waals surface area contributed by atoms with Crippen LogP contribution in [-0.2, 0) is 23.8 Å². The fourth-order valence-electron chi connectivity index (χ4n) is 3.05. The second-order valence-electron chi connectivity index (χ2n) is 6.44. The summed E-state index contributed by atoms with van der Waals surface area (Å²) in [5.41, 5.74) is -1.54. The first kappa shape index (κ1) is 20.9. The third-order valence-corrected chi connectivity index (χ3v) is 4.53. The van der Waals surface area contributed by atoms with Gasteiger partial charge < -0.3 is 24.4 Å². The van der Waals surface area contributed by atoms with Crippen molar-refractivity contribution in [2.45, 2.75) is 77.8 Å². The van der Waals surface area contributed by atoms with E-state index in [4.69, 9.17) is 14.2 Å². The van der Waals surface area contributed by atoms with Crippen LogP contribution in [0.5, 0.6) is 0 Å². The molecule has 0 radical (unpaired) electrons. The number of ether oxygens (including phenoxy) is 3. The Morgan fingerprint density at radius 2 is 2.04 bits per heavy atom. The number of unbranched alkanes of at least 4 members (excludes halogenated alkanes) is 1. The highest BCUT2D eigenvalue weighted by Gasteiger charge is 2.49. The highest BCUT2D eigenvalue weighted by atomic mass is 16.7. The van der Waals surface area contributed by atoms with Crippen LogP contribution in [0.3, 0.4) is 0 Å². The smallest absolute Gasteiger partial charge is 0.312 e. The first-order valence-corrected chi connectivity index (χ1v) is 8.65. The number of rotatable bonds is 12. The van der Waals surface area contributed by atoms with Gasteiger partial charge in [-0.15, -0.1) is 0 Å². The second kappa shape index (κ2) is 9.96. The molecule has 0 aromatic heterocycles. The molecule has 0 spiro atoms. The number of carboxylic acid groups (broad SMARTS) is 2. The Morgan fingerprint density at radius 3 is 2.54 bits per heavy atom. The van der Waals surface area contributed by atoms with Crippen molar-refractivity contribution in [3.8, 4) is 0 Å². The van der Waals surface area contributed by atoms with Gasteiger partial charge in [-0.05, 0) is 39.5 Å². The van der Waals surface area contributed by atoms with Crippen LogP contribution in [0.15, 0.2) is 0 Å². The number of carbonyl (C=O) groups is 2. The van der Waals surface area contributed by atoms with Crippen LogP contribution >= 0.6 is 0 Å². The molecule has 1 heterocycles. The van der Waals surface area contributed by atoms with Crippen LogP contribution < -0.4 is 0 Å². The zero-order valence-electron chi connectivity index (χ0n) is 14.8. The predicted molar refractivity (Wildman–Crippen MR) is 86.8 cm³/mol. The van der Waals surface area contributed by atoms with Gasteiger partial charge in [0.15, 0.2) is 6.29 Å². The molecule has 1 aliphatic heterocycles. The van der Waals surface area contributed by atoms with Gasteiger partial charge in [0.1, 0.15) is 5.41 Å². The normalized spacial score (nSPS) is 22.7. The van der Waals surface area contributed by atoms with Gasteiger partial charge in [-0.2, -0.15) is 0 Å². The molecule has 0 aromatic rings. The fraction of sp³-hybridized carbons (Fsp3) is 0.882. The van der Waals surface area contributed by atoms with Gasteiger partial charge in [0.05, 0.1) is 18.6 Å². The van der Waals surface area contributed by atoms with Crippen LogP contribution in [-0.4, -0.2) is 53.9 Å². The standard InChI is InChI=1S/C17H30O7/c1-4-5-8-22-13(3)24-12(2)17(16(20)21,11-15(18)19)10-14-7-6-9-23-14/h12-14H,4-11H2,1-3H3,(H,18,19)(H,20,21). The molecule has 0 saturated carbocycles. The SMILES string of the molecule is CCCCOC(C)OC(C)C(CC(=O)O)(CC1CCCO1)C(=O)O. The zero-order chi connectivity index (χ0) is 18.2. The lowest BCUT2D eigenvalue weighted by Gasteiger charge is -2.36. The maximum atomic E-state index is 12.0. The van der Waals surface area contributed by atoms with E-state index in [1.807, 2.05) is 6.92 Å². The van der Waals surface area contributed by atoms with Crippen molar-refractivity contribution >= 4 is 11.9 Å². The third-order valence-electron chi connectivity index (χ3n) is 4.53. The van der Waals surface area contributed by atoms with Crippen molar-refractivity contribution in [3.63, 3.8) is 0 Å². The molecule has 0 bridgehead atoms. The molecular formula is C17H30O7. The van der Waals surface area contributed by atoms with Crippen LogP contribution in [0.25, 0.3) is 0 Å². The van der Waals surface area contributed by atoms with Gasteiger partial charge in [-0.25, -0.2) is 0 Å². The molecular weight excluding hydrogens is 316 g/mol. The van der Waals surface area contributed by atoms with E-state index in [1.165, 1.54) is 0 Å². The monoisotopic (exact) mass is 346 g/mol. The van der Waals surface area contributed by atoms with Crippen molar-refractivity contribution in [3.05, 3.63) is 0 Å². The van der Waals surface area contributed by atoms with E-state index >= 15 is 0 Å². The first-order valence-electron chi connectivity index (χ1n) is 8.65. The third kappa shape index (κ3) is 6.03. The summed E-state index contributed by atoms with van der Waals surface area (Å²) >= 11 is 0. The fourth-order valence-corrected chi connectivity index (χ4v) is 3.05. The first-order chi connectivity index (χ1) is 11.3. The highest BCUT2D eigenvalue weighted by Crippen LogP contribution is 2.38. The molecule has 1 rings (SSSR count). The molecule has 24 heavy (non-hydrogen) atoms. The maximum absolute atomic E-state index is 12.0. The van der Waals surface area contributed by atoms with Gasteiger partial charge in [0.2, 0.25) is 0 Å².